The summed E-state index contributed by atoms with van der Waals surface area (Å²) in [6.07, 6.45) is 2.07. The van der Waals surface area contributed by atoms with Gasteiger partial charge in [0.15, 0.2) is 11.0 Å². The number of rotatable bonds is 9. The lowest BCUT2D eigenvalue weighted by atomic mass is 10.1. The van der Waals surface area contributed by atoms with Gasteiger partial charge in [0.1, 0.15) is 5.75 Å². The third kappa shape index (κ3) is 4.95. The summed E-state index contributed by atoms with van der Waals surface area (Å²) in [5.74, 6) is 1.61. The van der Waals surface area contributed by atoms with Crippen LogP contribution < -0.4 is 4.74 Å². The lowest BCUT2D eigenvalue weighted by Crippen LogP contribution is -2.03. The van der Waals surface area contributed by atoms with Crippen LogP contribution in [0.25, 0.3) is 11.4 Å². The second-order valence-electron chi connectivity index (χ2n) is 6.65. The van der Waals surface area contributed by atoms with Crippen LogP contribution >= 0.6 is 11.8 Å². The van der Waals surface area contributed by atoms with Gasteiger partial charge in [0.05, 0.1) is 12.0 Å². The Labute approximate surface area is 174 Å². The molecule has 3 aromatic rings. The first-order valence-corrected chi connectivity index (χ1v) is 10.4. The number of hydrogen-bond acceptors (Lipinski definition) is 6. The van der Waals surface area contributed by atoms with E-state index in [1.165, 1.54) is 6.07 Å². The predicted octanol–water partition coefficient (Wildman–Crippen LogP) is 5.52. The number of ether oxygens (including phenoxy) is 1. The van der Waals surface area contributed by atoms with E-state index in [4.69, 9.17) is 4.74 Å². The molecule has 0 bridgehead atoms. The Hall–Kier alpha value is -2.87. The number of unbranched alkanes of at least 4 members (excludes halogenated alkanes) is 1. The van der Waals surface area contributed by atoms with Crippen molar-refractivity contribution in [2.45, 2.75) is 43.6 Å². The van der Waals surface area contributed by atoms with Crippen molar-refractivity contribution in [3.63, 3.8) is 0 Å². The minimum Gasteiger partial charge on any atom is -0.497 e. The Kier molecular flexibility index (Phi) is 6.87. The molecule has 0 aliphatic heterocycles. The second-order valence-corrected chi connectivity index (χ2v) is 7.96. The zero-order valence-corrected chi connectivity index (χ0v) is 17.6. The van der Waals surface area contributed by atoms with Gasteiger partial charge in [-0.3, -0.25) is 10.1 Å². The Bertz CT molecular complexity index is 972. The van der Waals surface area contributed by atoms with E-state index in [2.05, 4.69) is 21.7 Å². The third-order valence-corrected chi connectivity index (χ3v) is 5.77. The molecule has 0 saturated heterocycles. The van der Waals surface area contributed by atoms with Crippen molar-refractivity contribution >= 4 is 17.4 Å². The monoisotopic (exact) mass is 412 g/mol. The smallest absolute Gasteiger partial charge is 0.269 e. The zero-order valence-electron chi connectivity index (χ0n) is 16.7. The van der Waals surface area contributed by atoms with Crippen molar-refractivity contribution in [2.24, 2.45) is 0 Å². The molecular formula is C21H24N4O3S. The van der Waals surface area contributed by atoms with E-state index in [0.29, 0.717) is 0 Å². The van der Waals surface area contributed by atoms with Gasteiger partial charge in [-0.05, 0) is 43.2 Å². The molecule has 0 unspecified atom stereocenters. The fraction of sp³-hybridized carbons (Fsp3) is 0.333. The van der Waals surface area contributed by atoms with Crippen molar-refractivity contribution in [3.8, 4) is 17.1 Å². The van der Waals surface area contributed by atoms with Gasteiger partial charge in [-0.1, -0.05) is 37.2 Å². The Morgan fingerprint density at radius 1 is 1.21 bits per heavy atom. The van der Waals surface area contributed by atoms with Gasteiger partial charge >= 0.3 is 0 Å². The summed E-state index contributed by atoms with van der Waals surface area (Å²) in [6, 6.07) is 14.5. The van der Waals surface area contributed by atoms with Crippen LogP contribution in [0.1, 0.15) is 37.5 Å². The molecule has 1 aromatic heterocycles. The molecule has 3 rings (SSSR count). The largest absolute Gasteiger partial charge is 0.497 e. The van der Waals surface area contributed by atoms with Gasteiger partial charge in [-0.25, -0.2) is 0 Å². The number of nitro groups is 1. The van der Waals surface area contributed by atoms with Gasteiger partial charge in [-0.15, -0.1) is 10.2 Å². The normalized spacial score (nSPS) is 12.0. The molecular weight excluding hydrogens is 388 g/mol. The van der Waals surface area contributed by atoms with Crippen LogP contribution in [0, 0.1) is 10.1 Å². The molecule has 0 saturated carbocycles. The molecule has 0 aliphatic carbocycles. The summed E-state index contributed by atoms with van der Waals surface area (Å²) in [5.41, 5.74) is 1.96. The molecule has 8 heteroatoms. The first kappa shape index (κ1) is 20.9. The second kappa shape index (κ2) is 9.56. The lowest BCUT2D eigenvalue weighted by molar-refractivity contribution is -0.384. The van der Waals surface area contributed by atoms with Crippen LogP contribution in [0.4, 0.5) is 5.69 Å². The summed E-state index contributed by atoms with van der Waals surface area (Å²) in [6.45, 7) is 4.99. The number of methoxy groups -OCH3 is 1. The first-order chi connectivity index (χ1) is 14.0. The standard InChI is InChI=1S/C21H24N4O3S/c1-4-5-13-24-20(16-9-11-19(28-3)12-10-16)22-23-21(24)29-15(2)17-7-6-8-18(14-17)25(26)27/h6-12,14-15H,4-5,13H2,1-3H3/t15-/m1/s1. The molecule has 29 heavy (non-hydrogen) atoms. The highest BCUT2D eigenvalue weighted by Crippen LogP contribution is 2.36. The number of hydrogen-bond donors (Lipinski definition) is 0. The van der Waals surface area contributed by atoms with Crippen LogP contribution in [0.5, 0.6) is 5.75 Å². The fourth-order valence-corrected chi connectivity index (χ4v) is 3.96. The molecule has 7 nitrogen and oxygen atoms in total. The molecule has 2 aromatic carbocycles. The fourth-order valence-electron chi connectivity index (χ4n) is 2.96. The van der Waals surface area contributed by atoms with Gasteiger partial charge in [0.25, 0.3) is 5.69 Å². The van der Waals surface area contributed by atoms with Gasteiger partial charge in [-0.2, -0.15) is 0 Å². The molecule has 0 radical (unpaired) electrons. The van der Waals surface area contributed by atoms with Crippen molar-refractivity contribution in [1.82, 2.24) is 14.8 Å². The van der Waals surface area contributed by atoms with Gasteiger partial charge < -0.3 is 9.30 Å². The summed E-state index contributed by atoms with van der Waals surface area (Å²) < 4.78 is 7.37. The number of nitro benzene ring substituents is 1. The first-order valence-electron chi connectivity index (χ1n) is 9.52. The summed E-state index contributed by atoms with van der Waals surface area (Å²) in [7, 11) is 1.64. The van der Waals surface area contributed by atoms with Gasteiger partial charge in [0, 0.05) is 29.5 Å². The average molecular weight is 413 g/mol. The lowest BCUT2D eigenvalue weighted by Gasteiger charge is -2.14. The third-order valence-electron chi connectivity index (χ3n) is 4.63. The highest BCUT2D eigenvalue weighted by molar-refractivity contribution is 7.99. The molecule has 0 aliphatic rings. The van der Waals surface area contributed by atoms with E-state index in [9.17, 15) is 10.1 Å². The molecule has 0 fully saturated rings. The zero-order chi connectivity index (χ0) is 20.8. The van der Waals surface area contributed by atoms with Crippen molar-refractivity contribution in [3.05, 3.63) is 64.2 Å². The maximum Gasteiger partial charge on any atom is 0.269 e. The molecule has 0 N–H and O–H groups in total. The van der Waals surface area contributed by atoms with Crippen molar-refractivity contribution in [2.75, 3.05) is 7.11 Å². The minimum atomic E-state index is -0.369. The maximum atomic E-state index is 11.1. The quantitative estimate of drug-likeness (QED) is 0.262. The summed E-state index contributed by atoms with van der Waals surface area (Å²) in [4.78, 5) is 10.7. The Morgan fingerprint density at radius 2 is 1.97 bits per heavy atom. The van der Waals surface area contributed by atoms with E-state index in [0.717, 1.165) is 47.2 Å². The van der Waals surface area contributed by atoms with Crippen LogP contribution in [0.2, 0.25) is 0 Å². The van der Waals surface area contributed by atoms with Crippen LogP contribution in [-0.4, -0.2) is 26.8 Å². The van der Waals surface area contributed by atoms with E-state index in [-0.39, 0.29) is 15.9 Å². The maximum absolute atomic E-state index is 11.1. The topological polar surface area (TPSA) is 83.1 Å². The van der Waals surface area contributed by atoms with E-state index >= 15 is 0 Å². The van der Waals surface area contributed by atoms with Crippen LogP contribution in [0.15, 0.2) is 53.7 Å². The number of non-ortho nitro benzene ring substituents is 1. The SMILES string of the molecule is CCCCn1c(S[C@H](C)c2cccc([N+](=O)[O-])c2)nnc1-c1ccc(OC)cc1. The summed E-state index contributed by atoms with van der Waals surface area (Å²) in [5, 5.41) is 20.7. The summed E-state index contributed by atoms with van der Waals surface area (Å²) >= 11 is 1.56. The Balaban J connectivity index is 1.89. The number of nitrogens with zero attached hydrogens (tertiary/aromatic N) is 4. The molecule has 0 amide bonds. The van der Waals surface area contributed by atoms with Crippen molar-refractivity contribution < 1.29 is 9.66 Å². The predicted molar refractivity (Wildman–Crippen MR) is 114 cm³/mol. The molecule has 152 valence electrons. The highest BCUT2D eigenvalue weighted by atomic mass is 32.2. The van der Waals surface area contributed by atoms with Crippen LogP contribution in [0.3, 0.4) is 0 Å². The number of benzene rings is 2. The van der Waals surface area contributed by atoms with E-state index in [1.807, 2.05) is 37.3 Å². The number of thioether (sulfide) groups is 1. The highest BCUT2D eigenvalue weighted by Gasteiger charge is 2.19. The van der Waals surface area contributed by atoms with E-state index in [1.54, 1.807) is 31.0 Å². The van der Waals surface area contributed by atoms with Gasteiger partial charge in [0.2, 0.25) is 0 Å². The van der Waals surface area contributed by atoms with Crippen LogP contribution in [-0.2, 0) is 6.54 Å². The van der Waals surface area contributed by atoms with E-state index < -0.39 is 0 Å². The number of aromatic nitrogens is 3. The Morgan fingerprint density at radius 3 is 2.62 bits per heavy atom. The molecule has 1 heterocycles. The molecule has 1 atom stereocenters. The average Bonchev–Trinajstić information content (AvgIpc) is 3.14. The minimum absolute atomic E-state index is 0.00296. The molecule has 0 spiro atoms. The van der Waals surface area contributed by atoms with Crippen molar-refractivity contribution in [1.29, 1.82) is 0 Å².